The minimum atomic E-state index is -0.139. The molecule has 5 heteroatoms. The van der Waals surface area contributed by atoms with Gasteiger partial charge in [0.2, 0.25) is 0 Å². The predicted molar refractivity (Wildman–Crippen MR) is 90.2 cm³/mol. The van der Waals surface area contributed by atoms with Crippen molar-refractivity contribution in [1.29, 1.82) is 0 Å². The Hall–Kier alpha value is -2.11. The van der Waals surface area contributed by atoms with Crippen LogP contribution in [0.25, 0.3) is 6.08 Å². The zero-order valence-electron chi connectivity index (χ0n) is 10.9. The number of thioether (sulfide) groups is 1. The molecule has 1 heterocycles. The minimum Gasteiger partial charge on any atom is -0.508 e. The number of hydrogen-bond acceptors (Lipinski definition) is 4. The molecule has 0 aromatic heterocycles. The second-order valence-electron chi connectivity index (χ2n) is 4.44. The Morgan fingerprint density at radius 3 is 2.38 bits per heavy atom. The lowest BCUT2D eigenvalue weighted by molar-refractivity contribution is -0.113. The topological polar surface area (TPSA) is 40.5 Å². The molecule has 1 amide bonds. The van der Waals surface area contributed by atoms with Gasteiger partial charge in [-0.15, -0.1) is 0 Å². The van der Waals surface area contributed by atoms with Gasteiger partial charge in [-0.3, -0.25) is 9.69 Å². The van der Waals surface area contributed by atoms with Gasteiger partial charge in [-0.05, 0) is 35.9 Å². The summed E-state index contributed by atoms with van der Waals surface area (Å²) in [4.78, 5) is 14.6. The van der Waals surface area contributed by atoms with E-state index >= 15 is 0 Å². The number of phenols is 1. The van der Waals surface area contributed by atoms with Crippen molar-refractivity contribution in [3.63, 3.8) is 0 Å². The molecule has 1 fully saturated rings. The van der Waals surface area contributed by atoms with Crippen LogP contribution < -0.4 is 4.90 Å². The van der Waals surface area contributed by atoms with Gasteiger partial charge >= 0.3 is 0 Å². The SMILES string of the molecule is O=C1C(=Cc2ccccc2)SC(=S)N1c1ccc(O)cc1. The number of thiocarbonyl (C=S) groups is 1. The van der Waals surface area contributed by atoms with Gasteiger partial charge in [0.1, 0.15) is 5.75 Å². The number of amides is 1. The summed E-state index contributed by atoms with van der Waals surface area (Å²) < 4.78 is 0.493. The first-order chi connectivity index (χ1) is 10.1. The molecule has 21 heavy (non-hydrogen) atoms. The summed E-state index contributed by atoms with van der Waals surface area (Å²) in [6.45, 7) is 0. The fourth-order valence-electron chi connectivity index (χ4n) is 1.99. The van der Waals surface area contributed by atoms with Crippen LogP contribution >= 0.6 is 24.0 Å². The van der Waals surface area contributed by atoms with Gasteiger partial charge in [0, 0.05) is 0 Å². The molecule has 0 bridgehead atoms. The van der Waals surface area contributed by atoms with Gasteiger partial charge in [0.25, 0.3) is 5.91 Å². The normalized spacial score (nSPS) is 16.8. The number of carbonyl (C=O) groups excluding carboxylic acids is 1. The summed E-state index contributed by atoms with van der Waals surface area (Å²) in [5.74, 6) is 0.0172. The largest absolute Gasteiger partial charge is 0.508 e. The van der Waals surface area contributed by atoms with E-state index < -0.39 is 0 Å². The van der Waals surface area contributed by atoms with E-state index in [1.807, 2.05) is 36.4 Å². The van der Waals surface area contributed by atoms with Crippen molar-refractivity contribution in [3.8, 4) is 5.75 Å². The highest BCUT2D eigenvalue weighted by Gasteiger charge is 2.33. The van der Waals surface area contributed by atoms with E-state index in [9.17, 15) is 9.90 Å². The Kier molecular flexibility index (Phi) is 3.77. The van der Waals surface area contributed by atoms with Crippen molar-refractivity contribution >= 4 is 46.0 Å². The summed E-state index contributed by atoms with van der Waals surface area (Å²) in [5, 5.41) is 9.33. The standard InChI is InChI=1S/C16H11NO2S2/c18-13-8-6-12(7-9-13)17-15(19)14(21-16(17)20)10-11-4-2-1-3-5-11/h1-10,18H. The number of aromatic hydroxyl groups is 1. The van der Waals surface area contributed by atoms with Gasteiger partial charge in [0.15, 0.2) is 4.32 Å². The van der Waals surface area contributed by atoms with Gasteiger partial charge in [0.05, 0.1) is 10.6 Å². The molecule has 104 valence electrons. The summed E-state index contributed by atoms with van der Waals surface area (Å²) in [6.07, 6.45) is 1.83. The van der Waals surface area contributed by atoms with Gasteiger partial charge < -0.3 is 5.11 Å². The number of phenolic OH excluding ortho intramolecular Hbond substituents is 1. The highest BCUT2D eigenvalue weighted by molar-refractivity contribution is 8.27. The van der Waals surface area contributed by atoms with E-state index in [1.54, 1.807) is 12.1 Å². The van der Waals surface area contributed by atoms with Gasteiger partial charge in [-0.2, -0.15) is 0 Å². The molecule has 3 rings (SSSR count). The molecular weight excluding hydrogens is 302 g/mol. The summed E-state index contributed by atoms with van der Waals surface area (Å²) >= 11 is 6.57. The smallest absolute Gasteiger partial charge is 0.270 e. The van der Waals surface area contributed by atoms with Crippen LogP contribution in [-0.4, -0.2) is 15.3 Å². The lowest BCUT2D eigenvalue weighted by Crippen LogP contribution is -2.27. The molecule has 3 nitrogen and oxygen atoms in total. The Bertz CT molecular complexity index is 724. The molecule has 0 saturated carbocycles. The number of carbonyl (C=O) groups is 1. The van der Waals surface area contributed by atoms with E-state index in [0.717, 1.165) is 5.56 Å². The van der Waals surface area contributed by atoms with Crippen molar-refractivity contribution < 1.29 is 9.90 Å². The summed E-state index contributed by atoms with van der Waals surface area (Å²) in [5.41, 5.74) is 1.62. The van der Waals surface area contributed by atoms with Crippen LogP contribution in [0.3, 0.4) is 0 Å². The van der Waals surface area contributed by atoms with Crippen LogP contribution in [0, 0.1) is 0 Å². The van der Waals surface area contributed by atoms with Crippen molar-refractivity contribution in [1.82, 2.24) is 0 Å². The highest BCUT2D eigenvalue weighted by Crippen LogP contribution is 2.36. The average Bonchev–Trinajstić information content (AvgIpc) is 2.76. The van der Waals surface area contributed by atoms with Crippen LogP contribution in [-0.2, 0) is 4.79 Å². The first-order valence-electron chi connectivity index (χ1n) is 6.27. The van der Waals surface area contributed by atoms with Crippen LogP contribution in [0.15, 0.2) is 59.5 Å². The molecule has 0 aliphatic carbocycles. The molecule has 1 aliphatic heterocycles. The van der Waals surface area contributed by atoms with Gasteiger partial charge in [-0.25, -0.2) is 0 Å². The maximum atomic E-state index is 12.5. The van der Waals surface area contributed by atoms with Crippen molar-refractivity contribution in [3.05, 3.63) is 65.1 Å². The Labute approximate surface area is 131 Å². The molecule has 0 unspecified atom stereocenters. The molecule has 0 atom stereocenters. The molecule has 1 aliphatic rings. The minimum absolute atomic E-state index is 0.139. The van der Waals surface area contributed by atoms with E-state index in [-0.39, 0.29) is 11.7 Å². The van der Waals surface area contributed by atoms with Crippen molar-refractivity contribution in [2.45, 2.75) is 0 Å². The molecule has 2 aromatic carbocycles. The first kappa shape index (κ1) is 13.9. The molecule has 0 spiro atoms. The van der Waals surface area contributed by atoms with Crippen LogP contribution in [0.4, 0.5) is 5.69 Å². The maximum absolute atomic E-state index is 12.5. The van der Waals surface area contributed by atoms with Crippen molar-refractivity contribution in [2.75, 3.05) is 4.90 Å². The Morgan fingerprint density at radius 2 is 1.71 bits per heavy atom. The number of nitrogens with zero attached hydrogens (tertiary/aromatic N) is 1. The molecule has 1 saturated heterocycles. The van der Waals surface area contributed by atoms with Crippen LogP contribution in [0.1, 0.15) is 5.56 Å². The van der Waals surface area contributed by atoms with E-state index in [2.05, 4.69) is 0 Å². The third-order valence-corrected chi connectivity index (χ3v) is 4.30. The number of rotatable bonds is 2. The van der Waals surface area contributed by atoms with Crippen molar-refractivity contribution in [2.24, 2.45) is 0 Å². The van der Waals surface area contributed by atoms with E-state index in [0.29, 0.717) is 14.9 Å². The Balaban J connectivity index is 1.92. The third-order valence-electron chi connectivity index (χ3n) is 3.00. The van der Waals surface area contributed by atoms with E-state index in [4.69, 9.17) is 12.2 Å². The first-order valence-corrected chi connectivity index (χ1v) is 7.50. The fraction of sp³-hybridized carbons (Fsp3) is 0. The summed E-state index contributed by atoms with van der Waals surface area (Å²) in [7, 11) is 0. The average molecular weight is 313 g/mol. The lowest BCUT2D eigenvalue weighted by atomic mass is 10.2. The lowest BCUT2D eigenvalue weighted by Gasteiger charge is -2.14. The Morgan fingerprint density at radius 1 is 1.05 bits per heavy atom. The van der Waals surface area contributed by atoms with Gasteiger partial charge in [-0.1, -0.05) is 54.3 Å². The molecular formula is C16H11NO2S2. The predicted octanol–water partition coefficient (Wildman–Crippen LogP) is 3.80. The fourth-order valence-corrected chi connectivity index (χ4v) is 3.29. The number of anilines is 1. The molecule has 1 N–H and O–H groups in total. The number of benzene rings is 2. The quantitative estimate of drug-likeness (QED) is 0.676. The number of hydrogen-bond donors (Lipinski definition) is 1. The molecule has 0 radical (unpaired) electrons. The van der Waals surface area contributed by atoms with E-state index in [1.165, 1.54) is 28.8 Å². The zero-order chi connectivity index (χ0) is 14.8. The zero-order valence-corrected chi connectivity index (χ0v) is 12.5. The van der Waals surface area contributed by atoms with Crippen LogP contribution in [0.5, 0.6) is 5.75 Å². The summed E-state index contributed by atoms with van der Waals surface area (Å²) in [6, 6.07) is 16.1. The third kappa shape index (κ3) is 2.84. The maximum Gasteiger partial charge on any atom is 0.270 e. The second kappa shape index (κ2) is 5.71. The monoisotopic (exact) mass is 313 g/mol. The molecule has 2 aromatic rings. The highest BCUT2D eigenvalue weighted by atomic mass is 32.2. The second-order valence-corrected chi connectivity index (χ2v) is 6.12. The van der Waals surface area contributed by atoms with Crippen LogP contribution in [0.2, 0.25) is 0 Å².